The first-order valence-electron chi connectivity index (χ1n) is 7.75. The molecular formula is C19H14BrN5. The highest BCUT2D eigenvalue weighted by Gasteiger charge is 2.05. The van der Waals surface area contributed by atoms with Crippen molar-refractivity contribution in [2.45, 2.75) is 0 Å². The van der Waals surface area contributed by atoms with Gasteiger partial charge in [-0.1, -0.05) is 46.3 Å². The number of hydrazone groups is 1. The molecule has 1 aromatic heterocycles. The molecule has 0 aliphatic heterocycles. The molecule has 6 heteroatoms. The second kappa shape index (κ2) is 6.86. The average molecular weight is 392 g/mol. The summed E-state index contributed by atoms with van der Waals surface area (Å²) in [4.78, 5) is 1.64. The zero-order valence-electron chi connectivity index (χ0n) is 13.2. The second-order valence-corrected chi connectivity index (χ2v) is 6.37. The van der Waals surface area contributed by atoms with Crippen molar-refractivity contribution < 1.29 is 0 Å². The molecule has 3 aromatic carbocycles. The minimum absolute atomic E-state index is 0.813. The van der Waals surface area contributed by atoms with Crippen molar-refractivity contribution in [3.63, 3.8) is 0 Å². The van der Waals surface area contributed by atoms with Crippen LogP contribution in [0, 0.1) is 0 Å². The third-order valence-corrected chi connectivity index (χ3v) is 4.17. The molecule has 4 rings (SSSR count). The van der Waals surface area contributed by atoms with Crippen molar-refractivity contribution >= 4 is 38.9 Å². The van der Waals surface area contributed by atoms with Crippen LogP contribution in [0.5, 0.6) is 0 Å². The van der Waals surface area contributed by atoms with Crippen molar-refractivity contribution in [1.29, 1.82) is 0 Å². The van der Waals surface area contributed by atoms with Crippen molar-refractivity contribution in [3.05, 3.63) is 82.8 Å². The first-order chi connectivity index (χ1) is 12.3. The van der Waals surface area contributed by atoms with E-state index in [1.165, 1.54) is 0 Å². The zero-order valence-corrected chi connectivity index (χ0v) is 14.8. The van der Waals surface area contributed by atoms with E-state index in [1.807, 2.05) is 72.8 Å². The lowest BCUT2D eigenvalue weighted by atomic mass is 10.2. The molecule has 0 saturated carbocycles. The summed E-state index contributed by atoms with van der Waals surface area (Å²) in [6, 6.07) is 23.6. The van der Waals surface area contributed by atoms with E-state index in [1.54, 1.807) is 11.0 Å². The Morgan fingerprint density at radius 3 is 2.44 bits per heavy atom. The third kappa shape index (κ3) is 3.59. The molecule has 0 aliphatic carbocycles. The van der Waals surface area contributed by atoms with Crippen LogP contribution < -0.4 is 5.43 Å². The second-order valence-electron chi connectivity index (χ2n) is 5.45. The Morgan fingerprint density at radius 2 is 1.64 bits per heavy atom. The number of hydrogen-bond donors (Lipinski definition) is 1. The first-order valence-corrected chi connectivity index (χ1v) is 8.54. The van der Waals surface area contributed by atoms with E-state index in [-0.39, 0.29) is 0 Å². The number of hydrogen-bond acceptors (Lipinski definition) is 4. The van der Waals surface area contributed by atoms with Crippen LogP contribution in [0.25, 0.3) is 16.7 Å². The van der Waals surface area contributed by atoms with Crippen molar-refractivity contribution in [2.75, 3.05) is 5.43 Å². The van der Waals surface area contributed by atoms with E-state index >= 15 is 0 Å². The molecule has 0 spiro atoms. The van der Waals surface area contributed by atoms with E-state index in [2.05, 4.69) is 36.7 Å². The fourth-order valence-electron chi connectivity index (χ4n) is 2.39. The Hall–Kier alpha value is -2.99. The molecule has 1 N–H and O–H groups in total. The summed E-state index contributed by atoms with van der Waals surface area (Å²) >= 11 is 3.42. The largest absolute Gasteiger partial charge is 0.278 e. The van der Waals surface area contributed by atoms with Crippen LogP contribution in [0.3, 0.4) is 0 Å². The molecule has 0 bridgehead atoms. The summed E-state index contributed by atoms with van der Waals surface area (Å²) in [6.07, 6.45) is 1.78. The van der Waals surface area contributed by atoms with Gasteiger partial charge in [0.05, 0.1) is 17.6 Å². The molecule has 0 fully saturated rings. The molecule has 0 radical (unpaired) electrons. The maximum Gasteiger partial charge on any atom is 0.115 e. The van der Waals surface area contributed by atoms with E-state index in [4.69, 9.17) is 0 Å². The summed E-state index contributed by atoms with van der Waals surface area (Å²) in [5, 5.41) is 13.3. The molecule has 0 aliphatic rings. The lowest BCUT2D eigenvalue weighted by Crippen LogP contribution is -1.97. The van der Waals surface area contributed by atoms with Gasteiger partial charge in [-0.15, -0.1) is 10.2 Å². The van der Waals surface area contributed by atoms with Crippen LogP contribution in [0.1, 0.15) is 5.56 Å². The van der Waals surface area contributed by atoms with Gasteiger partial charge >= 0.3 is 0 Å². The van der Waals surface area contributed by atoms with Crippen molar-refractivity contribution in [2.24, 2.45) is 5.10 Å². The number of halogens is 1. The summed E-state index contributed by atoms with van der Waals surface area (Å²) in [5.41, 5.74) is 7.50. The highest BCUT2D eigenvalue weighted by molar-refractivity contribution is 9.10. The Labute approximate surface area is 153 Å². The Balaban J connectivity index is 1.54. The molecule has 0 amide bonds. The van der Waals surface area contributed by atoms with Crippen LogP contribution in [0.15, 0.2) is 82.4 Å². The quantitative estimate of drug-likeness (QED) is 0.407. The number of rotatable bonds is 4. The fourth-order valence-corrected chi connectivity index (χ4v) is 2.66. The van der Waals surface area contributed by atoms with Crippen LogP contribution >= 0.6 is 15.9 Å². The molecular weight excluding hydrogens is 378 g/mol. The summed E-state index contributed by atoms with van der Waals surface area (Å²) in [7, 11) is 0. The van der Waals surface area contributed by atoms with E-state index < -0.39 is 0 Å². The van der Waals surface area contributed by atoms with Crippen molar-refractivity contribution in [3.8, 4) is 5.69 Å². The van der Waals surface area contributed by atoms with Gasteiger partial charge in [-0.3, -0.25) is 5.43 Å². The van der Waals surface area contributed by atoms with Gasteiger partial charge in [0.15, 0.2) is 0 Å². The van der Waals surface area contributed by atoms with Gasteiger partial charge in [0.2, 0.25) is 0 Å². The molecule has 4 aromatic rings. The molecule has 25 heavy (non-hydrogen) atoms. The van der Waals surface area contributed by atoms with Crippen LogP contribution in [-0.2, 0) is 0 Å². The standard InChI is InChI=1S/C19H14BrN5/c20-15-8-6-14(7-9-15)13-21-22-16-10-11-18-19(12-16)24-25(23-18)17-4-2-1-3-5-17/h1-13,22H/b21-13+. The third-order valence-electron chi connectivity index (χ3n) is 3.64. The van der Waals surface area contributed by atoms with E-state index in [0.29, 0.717) is 0 Å². The lowest BCUT2D eigenvalue weighted by Gasteiger charge is -1.99. The Morgan fingerprint density at radius 1 is 0.880 bits per heavy atom. The minimum Gasteiger partial charge on any atom is -0.278 e. The normalized spacial score (nSPS) is 11.2. The van der Waals surface area contributed by atoms with E-state index in [0.717, 1.165) is 32.4 Å². The first kappa shape index (κ1) is 15.5. The number of para-hydroxylation sites is 1. The van der Waals surface area contributed by atoms with Gasteiger partial charge in [-0.25, -0.2) is 0 Å². The maximum atomic E-state index is 4.53. The smallest absolute Gasteiger partial charge is 0.115 e. The molecule has 1 heterocycles. The summed E-state index contributed by atoms with van der Waals surface area (Å²) < 4.78 is 1.05. The lowest BCUT2D eigenvalue weighted by molar-refractivity contribution is 0.766. The average Bonchev–Trinajstić information content (AvgIpc) is 3.07. The topological polar surface area (TPSA) is 55.1 Å². The number of nitrogens with zero attached hydrogens (tertiary/aromatic N) is 4. The Kier molecular flexibility index (Phi) is 4.26. The number of aromatic nitrogens is 3. The summed E-state index contributed by atoms with van der Waals surface area (Å²) in [6.45, 7) is 0. The number of fused-ring (bicyclic) bond motifs is 1. The van der Waals surface area contributed by atoms with Crippen LogP contribution in [0.2, 0.25) is 0 Å². The zero-order chi connectivity index (χ0) is 17.1. The highest BCUT2D eigenvalue weighted by atomic mass is 79.9. The van der Waals surface area contributed by atoms with Gasteiger partial charge in [0, 0.05) is 4.47 Å². The number of benzene rings is 3. The predicted molar refractivity (Wildman–Crippen MR) is 104 cm³/mol. The van der Waals surface area contributed by atoms with Crippen LogP contribution in [-0.4, -0.2) is 21.2 Å². The van der Waals surface area contributed by atoms with Crippen LogP contribution in [0.4, 0.5) is 5.69 Å². The minimum atomic E-state index is 0.813. The van der Waals surface area contributed by atoms with E-state index in [9.17, 15) is 0 Å². The van der Waals surface area contributed by atoms with Gasteiger partial charge in [0.25, 0.3) is 0 Å². The maximum absolute atomic E-state index is 4.53. The fraction of sp³-hybridized carbons (Fsp3) is 0. The molecule has 0 saturated heterocycles. The summed E-state index contributed by atoms with van der Waals surface area (Å²) in [5.74, 6) is 0. The number of nitrogens with one attached hydrogen (secondary N) is 1. The van der Waals surface area contributed by atoms with Crippen molar-refractivity contribution in [1.82, 2.24) is 15.0 Å². The SMILES string of the molecule is Brc1ccc(/C=N/Nc2ccc3nn(-c4ccccc4)nc3c2)cc1. The van der Waals surface area contributed by atoms with Gasteiger partial charge < -0.3 is 0 Å². The Bertz CT molecular complexity index is 1020. The molecule has 0 unspecified atom stereocenters. The van der Waals surface area contributed by atoms with Gasteiger partial charge in [-0.05, 0) is 48.0 Å². The predicted octanol–water partition coefficient (Wildman–Crippen LogP) is 4.63. The highest BCUT2D eigenvalue weighted by Crippen LogP contribution is 2.17. The monoisotopic (exact) mass is 391 g/mol. The van der Waals surface area contributed by atoms with Gasteiger partial charge in [0.1, 0.15) is 11.0 Å². The molecule has 122 valence electrons. The molecule has 0 atom stereocenters. The number of anilines is 1. The molecule has 5 nitrogen and oxygen atoms in total. The van der Waals surface area contributed by atoms with Gasteiger partial charge in [-0.2, -0.15) is 9.90 Å².